The van der Waals surface area contributed by atoms with Crippen molar-refractivity contribution in [3.63, 3.8) is 0 Å². The Morgan fingerprint density at radius 2 is 1.57 bits per heavy atom. The first-order chi connectivity index (χ1) is 14.4. The number of carbonyl (C=O) groups excluding carboxylic acids is 3. The van der Waals surface area contributed by atoms with E-state index in [9.17, 15) is 14.4 Å². The number of carbonyl (C=O) groups is 3. The molecule has 0 aliphatic rings. The van der Waals surface area contributed by atoms with Gasteiger partial charge in [0.15, 0.2) is 0 Å². The average Bonchev–Trinajstić information content (AvgIpc) is 2.77. The Bertz CT molecular complexity index is 904. The zero-order valence-electron chi connectivity index (χ0n) is 17.1. The maximum absolute atomic E-state index is 12.2. The van der Waals surface area contributed by atoms with Crippen LogP contribution in [0.5, 0.6) is 11.5 Å². The molecule has 0 spiro atoms. The number of anilines is 1. The summed E-state index contributed by atoms with van der Waals surface area (Å²) >= 11 is 0. The molecule has 0 aromatic heterocycles. The number of rotatable bonds is 9. The Balaban J connectivity index is 1.77. The van der Waals surface area contributed by atoms with Gasteiger partial charge in [0.1, 0.15) is 18.1 Å². The molecule has 0 saturated carbocycles. The van der Waals surface area contributed by atoms with E-state index in [0.29, 0.717) is 17.0 Å². The number of amides is 2. The second kappa shape index (κ2) is 11.3. The maximum atomic E-state index is 12.2. The molecule has 0 unspecified atom stereocenters. The van der Waals surface area contributed by atoms with Crippen LogP contribution in [0.25, 0.3) is 0 Å². The van der Waals surface area contributed by atoms with Gasteiger partial charge in [0, 0.05) is 17.3 Å². The number of hydrogen-bond donors (Lipinski definition) is 2. The van der Waals surface area contributed by atoms with E-state index in [-0.39, 0.29) is 18.7 Å². The third-order valence-electron chi connectivity index (χ3n) is 4.00. The van der Waals surface area contributed by atoms with E-state index in [1.54, 1.807) is 43.5 Å². The van der Waals surface area contributed by atoms with Gasteiger partial charge in [-0.15, -0.1) is 0 Å². The molecule has 2 N–H and O–H groups in total. The van der Waals surface area contributed by atoms with Crippen LogP contribution in [0.3, 0.4) is 0 Å². The van der Waals surface area contributed by atoms with Crippen LogP contribution < -0.4 is 20.1 Å². The summed E-state index contributed by atoms with van der Waals surface area (Å²) in [7, 11) is 2.88. The van der Waals surface area contributed by atoms with Gasteiger partial charge in [-0.25, -0.2) is 4.79 Å². The van der Waals surface area contributed by atoms with Crippen LogP contribution in [0.1, 0.15) is 17.3 Å². The van der Waals surface area contributed by atoms with Crippen molar-refractivity contribution in [2.45, 2.75) is 6.92 Å². The lowest BCUT2D eigenvalue weighted by Gasteiger charge is -2.08. The molecule has 2 aromatic carbocycles. The van der Waals surface area contributed by atoms with Crippen molar-refractivity contribution < 1.29 is 28.6 Å². The summed E-state index contributed by atoms with van der Waals surface area (Å²) in [5.74, 6) is 0.104. The fourth-order valence-electron chi connectivity index (χ4n) is 2.37. The van der Waals surface area contributed by atoms with Gasteiger partial charge in [0.2, 0.25) is 5.91 Å². The molecule has 0 saturated heterocycles. The summed E-state index contributed by atoms with van der Waals surface area (Å²) in [5.41, 5.74) is 1.10. The van der Waals surface area contributed by atoms with Gasteiger partial charge in [-0.1, -0.05) is 0 Å². The predicted molar refractivity (Wildman–Crippen MR) is 112 cm³/mol. The molecule has 158 valence electrons. The molecule has 2 amide bonds. The van der Waals surface area contributed by atoms with Gasteiger partial charge in [-0.05, 0) is 55.5 Å². The van der Waals surface area contributed by atoms with Crippen LogP contribution >= 0.6 is 0 Å². The van der Waals surface area contributed by atoms with Crippen LogP contribution in [0, 0.1) is 0 Å². The minimum Gasteiger partial charge on any atom is -0.497 e. The molecule has 0 fully saturated rings. The lowest BCUT2D eigenvalue weighted by Crippen LogP contribution is -2.27. The molecule has 0 bridgehead atoms. The molecule has 2 rings (SSSR count). The highest BCUT2D eigenvalue weighted by molar-refractivity contribution is 6.07. The lowest BCUT2D eigenvalue weighted by molar-refractivity contribution is -0.117. The molecule has 30 heavy (non-hydrogen) atoms. The molecular weight excluding hydrogens is 388 g/mol. The number of esters is 1. The standard InChI is InChI=1S/C22H24N2O6/c1-15(21(26)24-17-6-4-16(5-7-17)22(27)29-3)14-20(25)23-12-13-30-19-10-8-18(28-2)9-11-19/h4-11,14H,12-13H2,1-3H3,(H,23,25)(H,24,26)/b15-14+. The monoisotopic (exact) mass is 412 g/mol. The van der Waals surface area contributed by atoms with Crippen molar-refractivity contribution in [1.29, 1.82) is 0 Å². The summed E-state index contributed by atoms with van der Waals surface area (Å²) in [6.07, 6.45) is 1.21. The van der Waals surface area contributed by atoms with Gasteiger partial charge in [-0.3, -0.25) is 9.59 Å². The highest BCUT2D eigenvalue weighted by Gasteiger charge is 2.09. The average molecular weight is 412 g/mol. The second-order valence-electron chi connectivity index (χ2n) is 6.17. The van der Waals surface area contributed by atoms with E-state index in [0.717, 1.165) is 5.75 Å². The summed E-state index contributed by atoms with van der Waals surface area (Å²) in [6.45, 7) is 2.10. The van der Waals surface area contributed by atoms with Crippen LogP contribution in [-0.4, -0.2) is 45.2 Å². The first-order valence-corrected chi connectivity index (χ1v) is 9.15. The van der Waals surface area contributed by atoms with Crippen molar-refractivity contribution in [1.82, 2.24) is 5.32 Å². The van der Waals surface area contributed by atoms with E-state index >= 15 is 0 Å². The minimum atomic E-state index is -0.461. The second-order valence-corrected chi connectivity index (χ2v) is 6.17. The molecule has 0 heterocycles. The number of hydrogen-bond acceptors (Lipinski definition) is 6. The third-order valence-corrected chi connectivity index (χ3v) is 4.00. The predicted octanol–water partition coefficient (Wildman–Crippen LogP) is 2.56. The molecule has 0 radical (unpaired) electrons. The maximum Gasteiger partial charge on any atom is 0.337 e. The van der Waals surface area contributed by atoms with Crippen molar-refractivity contribution in [3.05, 3.63) is 65.7 Å². The first kappa shape index (κ1) is 22.5. The van der Waals surface area contributed by atoms with Gasteiger partial charge >= 0.3 is 5.97 Å². The minimum absolute atomic E-state index is 0.237. The van der Waals surface area contributed by atoms with E-state index < -0.39 is 17.8 Å². The zero-order valence-corrected chi connectivity index (χ0v) is 17.1. The molecule has 8 nitrogen and oxygen atoms in total. The van der Waals surface area contributed by atoms with Gasteiger partial charge in [0.05, 0.1) is 26.3 Å². The molecule has 0 aliphatic heterocycles. The van der Waals surface area contributed by atoms with Crippen molar-refractivity contribution in [2.24, 2.45) is 0 Å². The smallest absolute Gasteiger partial charge is 0.337 e. The van der Waals surface area contributed by atoms with Crippen molar-refractivity contribution in [2.75, 3.05) is 32.7 Å². The molecule has 8 heteroatoms. The molecular formula is C22H24N2O6. The Morgan fingerprint density at radius 1 is 0.933 bits per heavy atom. The Kier molecular flexibility index (Phi) is 8.43. The van der Waals surface area contributed by atoms with Crippen LogP contribution in [0.4, 0.5) is 5.69 Å². The lowest BCUT2D eigenvalue weighted by atomic mass is 10.2. The number of benzene rings is 2. The van der Waals surface area contributed by atoms with Gasteiger partial charge < -0.3 is 24.8 Å². The fraction of sp³-hybridized carbons (Fsp3) is 0.227. The quantitative estimate of drug-likeness (QED) is 0.373. The molecule has 0 aliphatic carbocycles. The molecule has 2 aromatic rings. The topological polar surface area (TPSA) is 103 Å². The summed E-state index contributed by atoms with van der Waals surface area (Å²) < 4.78 is 15.2. The first-order valence-electron chi connectivity index (χ1n) is 9.15. The fourth-order valence-corrected chi connectivity index (χ4v) is 2.37. The van der Waals surface area contributed by atoms with E-state index in [2.05, 4.69) is 15.4 Å². The highest BCUT2D eigenvalue weighted by Crippen LogP contribution is 2.16. The largest absolute Gasteiger partial charge is 0.497 e. The van der Waals surface area contributed by atoms with E-state index in [1.807, 2.05) is 0 Å². The summed E-state index contributed by atoms with van der Waals surface area (Å²) in [5, 5.41) is 5.31. The van der Waals surface area contributed by atoms with Crippen molar-refractivity contribution in [3.8, 4) is 11.5 Å². The molecule has 0 atom stereocenters. The van der Waals surface area contributed by atoms with Crippen molar-refractivity contribution >= 4 is 23.5 Å². The van der Waals surface area contributed by atoms with Gasteiger partial charge in [0.25, 0.3) is 5.91 Å². The Labute approximate surface area is 174 Å². The van der Waals surface area contributed by atoms with E-state index in [1.165, 1.54) is 32.2 Å². The highest BCUT2D eigenvalue weighted by atomic mass is 16.5. The van der Waals surface area contributed by atoms with Crippen LogP contribution in [0.2, 0.25) is 0 Å². The Morgan fingerprint density at radius 3 is 2.17 bits per heavy atom. The Hall–Kier alpha value is -3.81. The number of methoxy groups -OCH3 is 2. The SMILES string of the molecule is COC(=O)c1ccc(NC(=O)/C(C)=C/C(=O)NCCOc2ccc(OC)cc2)cc1. The van der Waals surface area contributed by atoms with Gasteiger partial charge in [-0.2, -0.15) is 0 Å². The summed E-state index contributed by atoms with van der Waals surface area (Å²) in [4.78, 5) is 35.6. The zero-order chi connectivity index (χ0) is 21.9. The van der Waals surface area contributed by atoms with Crippen LogP contribution in [0.15, 0.2) is 60.2 Å². The number of nitrogens with one attached hydrogen (secondary N) is 2. The van der Waals surface area contributed by atoms with Crippen LogP contribution in [-0.2, 0) is 14.3 Å². The number of ether oxygens (including phenoxy) is 3. The normalized spacial score (nSPS) is 10.7. The summed E-state index contributed by atoms with van der Waals surface area (Å²) in [6, 6.07) is 13.3. The van der Waals surface area contributed by atoms with E-state index in [4.69, 9.17) is 9.47 Å². The third kappa shape index (κ3) is 6.97.